The molecule has 0 bridgehead atoms. The van der Waals surface area contributed by atoms with Crippen molar-refractivity contribution in [1.82, 2.24) is 4.40 Å². The Morgan fingerprint density at radius 2 is 1.86 bits per heavy atom. The Morgan fingerprint density at radius 1 is 1.14 bits per heavy atom. The molecular formula is C17H16N2O2. The van der Waals surface area contributed by atoms with Crippen molar-refractivity contribution in [3.63, 3.8) is 0 Å². The Morgan fingerprint density at radius 3 is 2.57 bits per heavy atom. The van der Waals surface area contributed by atoms with Gasteiger partial charge in [0.2, 0.25) is 6.54 Å². The average molecular weight is 280 g/mol. The van der Waals surface area contributed by atoms with Gasteiger partial charge < -0.3 is 4.40 Å². The van der Waals surface area contributed by atoms with E-state index in [0.717, 1.165) is 22.3 Å². The van der Waals surface area contributed by atoms with Gasteiger partial charge in [0.05, 0.1) is 5.92 Å². The number of nitrogens with zero attached hydrogens (tertiary/aromatic N) is 2. The van der Waals surface area contributed by atoms with Gasteiger partial charge >= 0.3 is 0 Å². The third-order valence-corrected chi connectivity index (χ3v) is 3.78. The highest BCUT2D eigenvalue weighted by atomic mass is 16.6. The number of hydrogen-bond donors (Lipinski definition) is 0. The molecule has 0 amide bonds. The van der Waals surface area contributed by atoms with E-state index in [1.54, 1.807) is 0 Å². The fourth-order valence-electron chi connectivity index (χ4n) is 2.91. The zero-order valence-electron chi connectivity index (χ0n) is 11.8. The van der Waals surface area contributed by atoms with Crippen molar-refractivity contribution in [2.75, 3.05) is 6.54 Å². The van der Waals surface area contributed by atoms with Gasteiger partial charge in [0, 0.05) is 22.3 Å². The molecule has 0 fully saturated rings. The molecule has 1 aromatic carbocycles. The van der Waals surface area contributed by atoms with Crippen molar-refractivity contribution in [3.8, 4) is 0 Å². The molecule has 1 atom stereocenters. The molecular weight excluding hydrogens is 264 g/mol. The molecule has 4 heteroatoms. The highest BCUT2D eigenvalue weighted by Crippen LogP contribution is 2.29. The van der Waals surface area contributed by atoms with Gasteiger partial charge in [0.1, 0.15) is 0 Å². The monoisotopic (exact) mass is 280 g/mol. The van der Waals surface area contributed by atoms with Crippen LogP contribution >= 0.6 is 0 Å². The first kappa shape index (κ1) is 13.4. The maximum atomic E-state index is 11.1. The summed E-state index contributed by atoms with van der Waals surface area (Å²) in [4.78, 5) is 10.9. The second-order valence-corrected chi connectivity index (χ2v) is 5.19. The first-order chi connectivity index (χ1) is 10.2. The van der Waals surface area contributed by atoms with Crippen LogP contribution in [0.2, 0.25) is 0 Å². The highest BCUT2D eigenvalue weighted by Gasteiger charge is 2.24. The molecule has 3 aromatic rings. The molecule has 2 aromatic heterocycles. The quantitative estimate of drug-likeness (QED) is 0.541. The van der Waals surface area contributed by atoms with Crippen LogP contribution in [0.25, 0.3) is 5.52 Å². The number of aromatic nitrogens is 1. The number of pyridine rings is 1. The van der Waals surface area contributed by atoms with Crippen LogP contribution in [-0.4, -0.2) is 15.9 Å². The van der Waals surface area contributed by atoms with E-state index in [-0.39, 0.29) is 17.4 Å². The smallest absolute Gasteiger partial charge is 0.216 e. The number of rotatable bonds is 4. The molecule has 3 rings (SSSR count). The maximum absolute atomic E-state index is 11.1. The van der Waals surface area contributed by atoms with Crippen LogP contribution in [0, 0.1) is 17.0 Å². The maximum Gasteiger partial charge on any atom is 0.216 e. The fourth-order valence-corrected chi connectivity index (χ4v) is 2.91. The van der Waals surface area contributed by atoms with Crippen LogP contribution in [-0.2, 0) is 0 Å². The predicted molar refractivity (Wildman–Crippen MR) is 82.3 cm³/mol. The molecule has 0 aliphatic heterocycles. The Kier molecular flexibility index (Phi) is 3.44. The summed E-state index contributed by atoms with van der Waals surface area (Å²) >= 11 is 0. The number of aryl methyl sites for hydroxylation is 1. The van der Waals surface area contributed by atoms with Crippen LogP contribution in [0.1, 0.15) is 22.7 Å². The fraction of sp³-hybridized carbons (Fsp3) is 0.176. The number of benzene rings is 1. The second kappa shape index (κ2) is 5.40. The highest BCUT2D eigenvalue weighted by molar-refractivity contribution is 5.55. The van der Waals surface area contributed by atoms with Crippen LogP contribution in [0.4, 0.5) is 0 Å². The largest absolute Gasteiger partial charge is 0.320 e. The molecule has 0 radical (unpaired) electrons. The molecule has 1 unspecified atom stereocenters. The van der Waals surface area contributed by atoms with E-state index in [1.807, 2.05) is 61.7 Å². The van der Waals surface area contributed by atoms with E-state index in [1.165, 1.54) is 0 Å². The van der Waals surface area contributed by atoms with Crippen molar-refractivity contribution in [2.45, 2.75) is 12.8 Å². The van der Waals surface area contributed by atoms with E-state index >= 15 is 0 Å². The van der Waals surface area contributed by atoms with Crippen molar-refractivity contribution in [2.24, 2.45) is 0 Å². The Balaban J connectivity index is 2.19. The Labute approximate surface area is 122 Å². The average Bonchev–Trinajstić information content (AvgIpc) is 2.81. The van der Waals surface area contributed by atoms with Gasteiger partial charge in [-0.15, -0.1) is 0 Å². The first-order valence-electron chi connectivity index (χ1n) is 6.90. The van der Waals surface area contributed by atoms with E-state index in [4.69, 9.17) is 0 Å². The third kappa shape index (κ3) is 2.52. The van der Waals surface area contributed by atoms with Gasteiger partial charge in [-0.25, -0.2) is 0 Å². The third-order valence-electron chi connectivity index (χ3n) is 3.78. The SMILES string of the molecule is Cc1cc2ccccn2c1C(C[N+](=O)[O-])c1ccccc1. The van der Waals surface area contributed by atoms with Crippen molar-refractivity contribution >= 4 is 5.52 Å². The summed E-state index contributed by atoms with van der Waals surface area (Å²) in [6, 6.07) is 17.7. The minimum atomic E-state index is -0.244. The summed E-state index contributed by atoms with van der Waals surface area (Å²) in [6.07, 6.45) is 1.97. The van der Waals surface area contributed by atoms with Gasteiger partial charge in [-0.3, -0.25) is 10.1 Å². The molecule has 4 nitrogen and oxygen atoms in total. The van der Waals surface area contributed by atoms with Crippen molar-refractivity contribution in [3.05, 3.63) is 87.7 Å². The zero-order chi connectivity index (χ0) is 14.8. The minimum absolute atomic E-state index is 0.105. The summed E-state index contributed by atoms with van der Waals surface area (Å²) in [5, 5.41) is 11.1. The van der Waals surface area contributed by atoms with Gasteiger partial charge in [0.25, 0.3) is 0 Å². The summed E-state index contributed by atoms with van der Waals surface area (Å²) in [5.74, 6) is -0.244. The van der Waals surface area contributed by atoms with Crippen molar-refractivity contribution in [1.29, 1.82) is 0 Å². The molecule has 106 valence electrons. The lowest BCUT2D eigenvalue weighted by Gasteiger charge is -2.15. The van der Waals surface area contributed by atoms with Crippen molar-refractivity contribution < 1.29 is 4.92 Å². The van der Waals surface area contributed by atoms with E-state index < -0.39 is 0 Å². The lowest BCUT2D eigenvalue weighted by atomic mass is 9.93. The molecule has 0 saturated carbocycles. The summed E-state index contributed by atoms with van der Waals surface area (Å²) in [5.41, 5.74) is 4.11. The molecule has 0 aliphatic rings. The van der Waals surface area contributed by atoms with E-state index in [2.05, 4.69) is 10.5 Å². The summed E-state index contributed by atoms with van der Waals surface area (Å²) < 4.78 is 2.05. The Hall–Kier alpha value is -2.62. The van der Waals surface area contributed by atoms with Crippen LogP contribution in [0.5, 0.6) is 0 Å². The van der Waals surface area contributed by atoms with Crippen LogP contribution in [0.15, 0.2) is 60.8 Å². The molecule has 0 N–H and O–H groups in total. The molecule has 0 aliphatic carbocycles. The minimum Gasteiger partial charge on any atom is -0.320 e. The predicted octanol–water partition coefficient (Wildman–Crippen LogP) is 3.66. The van der Waals surface area contributed by atoms with Gasteiger partial charge in [-0.1, -0.05) is 36.4 Å². The molecule has 2 heterocycles. The molecule has 0 saturated heterocycles. The topological polar surface area (TPSA) is 47.5 Å². The summed E-state index contributed by atoms with van der Waals surface area (Å²) in [6.45, 7) is 1.91. The molecule has 0 spiro atoms. The van der Waals surface area contributed by atoms with Gasteiger partial charge in [-0.2, -0.15) is 0 Å². The number of hydrogen-bond acceptors (Lipinski definition) is 2. The van der Waals surface area contributed by atoms with E-state index in [9.17, 15) is 10.1 Å². The first-order valence-corrected chi connectivity index (χ1v) is 6.90. The van der Waals surface area contributed by atoms with Gasteiger partial charge in [-0.05, 0) is 36.2 Å². The Bertz CT molecular complexity index is 778. The normalized spacial score (nSPS) is 12.4. The van der Waals surface area contributed by atoms with Crippen LogP contribution in [0.3, 0.4) is 0 Å². The lowest BCUT2D eigenvalue weighted by molar-refractivity contribution is -0.482. The number of fused-ring (bicyclic) bond motifs is 1. The second-order valence-electron chi connectivity index (χ2n) is 5.19. The zero-order valence-corrected chi connectivity index (χ0v) is 11.8. The standard InChI is InChI=1S/C17H16N2O2/c1-13-11-15-9-5-6-10-18(15)17(13)16(12-19(20)21)14-7-3-2-4-8-14/h2-11,16H,12H2,1H3. The summed E-state index contributed by atoms with van der Waals surface area (Å²) in [7, 11) is 0. The lowest BCUT2D eigenvalue weighted by Crippen LogP contribution is -2.16. The molecule has 21 heavy (non-hydrogen) atoms. The van der Waals surface area contributed by atoms with Gasteiger partial charge in [0.15, 0.2) is 0 Å². The number of nitro groups is 1. The van der Waals surface area contributed by atoms with E-state index in [0.29, 0.717) is 0 Å². The van der Waals surface area contributed by atoms with Crippen LogP contribution < -0.4 is 0 Å².